The van der Waals surface area contributed by atoms with Crippen molar-refractivity contribution < 1.29 is 13.2 Å². The van der Waals surface area contributed by atoms with Gasteiger partial charge >= 0.3 is 0 Å². The number of amides is 1. The molecule has 0 N–H and O–H groups in total. The number of aromatic nitrogens is 2. The van der Waals surface area contributed by atoms with Crippen molar-refractivity contribution in [3.63, 3.8) is 0 Å². The average molecular weight is 382 g/mol. The maximum atomic E-state index is 12.9. The number of rotatable bonds is 7. The lowest BCUT2D eigenvalue weighted by Gasteiger charge is -2.28. The lowest BCUT2D eigenvalue weighted by Crippen LogP contribution is -2.42. The Morgan fingerprint density at radius 2 is 1.92 bits per heavy atom. The van der Waals surface area contributed by atoms with E-state index < -0.39 is 9.84 Å². The van der Waals surface area contributed by atoms with Crippen molar-refractivity contribution in [1.82, 2.24) is 14.7 Å². The predicted molar refractivity (Wildman–Crippen MR) is 102 cm³/mol. The Labute approximate surface area is 156 Å². The molecule has 1 unspecified atom stereocenters. The molecule has 1 amide bonds. The summed E-state index contributed by atoms with van der Waals surface area (Å²) in [5.41, 5.74) is 3.30. The van der Waals surface area contributed by atoms with E-state index in [1.54, 1.807) is 0 Å². The molecule has 1 aliphatic carbocycles. The molecule has 1 saturated carbocycles. The molecule has 6 nitrogen and oxygen atoms in total. The second-order valence-electron chi connectivity index (χ2n) is 8.31. The van der Waals surface area contributed by atoms with E-state index in [9.17, 15) is 13.2 Å². The second kappa shape index (κ2) is 7.33. The van der Waals surface area contributed by atoms with E-state index in [0.29, 0.717) is 25.2 Å². The molecule has 2 aliphatic rings. The Morgan fingerprint density at radius 3 is 2.46 bits per heavy atom. The van der Waals surface area contributed by atoms with Crippen LogP contribution in [0.2, 0.25) is 0 Å². The topological polar surface area (TPSA) is 72.3 Å². The van der Waals surface area contributed by atoms with Crippen molar-refractivity contribution in [3.05, 3.63) is 17.0 Å². The fraction of sp³-hybridized carbons (Fsp3) is 0.789. The van der Waals surface area contributed by atoms with Gasteiger partial charge in [0.25, 0.3) is 0 Å². The van der Waals surface area contributed by atoms with Crippen molar-refractivity contribution in [2.75, 3.05) is 11.5 Å². The van der Waals surface area contributed by atoms with E-state index in [2.05, 4.69) is 25.9 Å². The summed E-state index contributed by atoms with van der Waals surface area (Å²) in [4.78, 5) is 14.8. The Balaban J connectivity index is 1.67. The van der Waals surface area contributed by atoms with Crippen LogP contribution >= 0.6 is 0 Å². The molecular weight excluding hydrogens is 350 g/mol. The molecule has 1 aromatic rings. The first-order valence-corrected chi connectivity index (χ1v) is 11.5. The zero-order chi connectivity index (χ0) is 19.1. The van der Waals surface area contributed by atoms with Crippen LogP contribution in [0.5, 0.6) is 0 Å². The Kier molecular flexibility index (Phi) is 5.47. The quantitative estimate of drug-likeness (QED) is 0.726. The first-order valence-electron chi connectivity index (χ1n) is 9.72. The summed E-state index contributed by atoms with van der Waals surface area (Å²) < 4.78 is 25.7. The van der Waals surface area contributed by atoms with Crippen LogP contribution < -0.4 is 0 Å². The van der Waals surface area contributed by atoms with Crippen molar-refractivity contribution >= 4 is 15.7 Å². The van der Waals surface area contributed by atoms with Gasteiger partial charge < -0.3 is 4.90 Å². The number of carbonyl (C=O) groups is 1. The molecular formula is C19H31N3O3S. The van der Waals surface area contributed by atoms with Crippen LogP contribution in [0.1, 0.15) is 56.5 Å². The highest BCUT2D eigenvalue weighted by Crippen LogP contribution is 2.33. The SMILES string of the molecule is Cc1nn(CC(C)C)c(C)c1CCC(=O)N(C1CC1)C1CCS(=O)(=O)C1. The Bertz CT molecular complexity index is 778. The predicted octanol–water partition coefficient (Wildman–Crippen LogP) is 2.27. The number of hydrogen-bond acceptors (Lipinski definition) is 4. The molecule has 2 heterocycles. The van der Waals surface area contributed by atoms with Gasteiger partial charge in [-0.05, 0) is 51.0 Å². The van der Waals surface area contributed by atoms with Gasteiger partial charge in [0, 0.05) is 30.7 Å². The van der Waals surface area contributed by atoms with E-state index in [-0.39, 0.29) is 29.5 Å². The highest BCUT2D eigenvalue weighted by molar-refractivity contribution is 7.91. The average Bonchev–Trinajstić information content (AvgIpc) is 3.24. The zero-order valence-corrected chi connectivity index (χ0v) is 17.2. The molecule has 1 aromatic heterocycles. The van der Waals surface area contributed by atoms with Gasteiger partial charge in [0.05, 0.1) is 17.2 Å². The molecule has 0 aromatic carbocycles. The lowest BCUT2D eigenvalue weighted by atomic mass is 10.1. The van der Waals surface area contributed by atoms with Gasteiger partial charge in [-0.3, -0.25) is 9.48 Å². The molecule has 7 heteroatoms. The largest absolute Gasteiger partial charge is 0.336 e. The lowest BCUT2D eigenvalue weighted by molar-refractivity contribution is -0.133. The van der Waals surface area contributed by atoms with Crippen LogP contribution in [0.4, 0.5) is 0 Å². The fourth-order valence-electron chi connectivity index (χ4n) is 4.03. The summed E-state index contributed by atoms with van der Waals surface area (Å²) in [6, 6.07) is 0.137. The van der Waals surface area contributed by atoms with Crippen LogP contribution in [0.3, 0.4) is 0 Å². The van der Waals surface area contributed by atoms with Crippen molar-refractivity contribution in [3.8, 4) is 0 Å². The van der Waals surface area contributed by atoms with Crippen LogP contribution in [0, 0.1) is 19.8 Å². The first kappa shape index (κ1) is 19.4. The van der Waals surface area contributed by atoms with Gasteiger partial charge in [0.15, 0.2) is 9.84 Å². The molecule has 0 spiro atoms. The smallest absolute Gasteiger partial charge is 0.223 e. The van der Waals surface area contributed by atoms with Gasteiger partial charge in [-0.1, -0.05) is 13.8 Å². The Hall–Kier alpha value is -1.37. The van der Waals surface area contributed by atoms with E-state index in [1.165, 1.54) is 0 Å². The van der Waals surface area contributed by atoms with Crippen LogP contribution in [0.25, 0.3) is 0 Å². The number of carbonyl (C=O) groups excluding carboxylic acids is 1. The maximum Gasteiger partial charge on any atom is 0.223 e. The van der Waals surface area contributed by atoms with E-state index >= 15 is 0 Å². The minimum Gasteiger partial charge on any atom is -0.336 e. The molecule has 1 aliphatic heterocycles. The minimum absolute atomic E-state index is 0.102. The molecule has 3 rings (SSSR count). The summed E-state index contributed by atoms with van der Waals surface area (Å²) >= 11 is 0. The highest BCUT2D eigenvalue weighted by Gasteiger charge is 2.41. The monoisotopic (exact) mass is 381 g/mol. The zero-order valence-electron chi connectivity index (χ0n) is 16.4. The van der Waals surface area contributed by atoms with Gasteiger partial charge in [-0.25, -0.2) is 8.42 Å². The normalized spacial score (nSPS) is 22.1. The van der Waals surface area contributed by atoms with E-state index in [0.717, 1.165) is 36.3 Å². The standard InChI is InChI=1S/C19H31N3O3S/c1-13(2)11-21-15(4)18(14(3)20-21)7-8-19(23)22(16-5-6-16)17-9-10-26(24,25)12-17/h13,16-17H,5-12H2,1-4H3. The minimum atomic E-state index is -2.98. The molecule has 0 bridgehead atoms. The Morgan fingerprint density at radius 1 is 1.23 bits per heavy atom. The first-order chi connectivity index (χ1) is 12.2. The number of nitrogens with zero attached hydrogens (tertiary/aromatic N) is 3. The number of sulfone groups is 1. The van der Waals surface area contributed by atoms with Gasteiger partial charge in [0.1, 0.15) is 0 Å². The van der Waals surface area contributed by atoms with Gasteiger partial charge in [-0.2, -0.15) is 5.10 Å². The molecule has 2 fully saturated rings. The van der Waals surface area contributed by atoms with Crippen LogP contribution in [-0.4, -0.2) is 52.6 Å². The highest BCUT2D eigenvalue weighted by atomic mass is 32.2. The summed E-state index contributed by atoms with van der Waals surface area (Å²) in [5.74, 6) is 0.982. The van der Waals surface area contributed by atoms with E-state index in [1.807, 2.05) is 16.5 Å². The van der Waals surface area contributed by atoms with Crippen LogP contribution in [-0.2, 0) is 27.6 Å². The van der Waals surface area contributed by atoms with Crippen molar-refractivity contribution in [2.24, 2.45) is 5.92 Å². The summed E-state index contributed by atoms with van der Waals surface area (Å²) in [7, 11) is -2.98. The van der Waals surface area contributed by atoms with Crippen molar-refractivity contribution in [2.45, 2.75) is 78.4 Å². The van der Waals surface area contributed by atoms with Gasteiger partial charge in [0.2, 0.25) is 5.91 Å². The summed E-state index contributed by atoms with van der Waals surface area (Å²) in [5, 5.41) is 4.63. The maximum absolute atomic E-state index is 12.9. The fourth-order valence-corrected chi connectivity index (χ4v) is 5.74. The van der Waals surface area contributed by atoms with E-state index in [4.69, 9.17) is 0 Å². The van der Waals surface area contributed by atoms with Crippen LogP contribution in [0.15, 0.2) is 0 Å². The number of aryl methyl sites for hydroxylation is 1. The third-order valence-electron chi connectivity index (χ3n) is 5.49. The summed E-state index contributed by atoms with van der Waals surface area (Å²) in [6.07, 6.45) is 3.72. The third kappa shape index (κ3) is 4.30. The van der Waals surface area contributed by atoms with Gasteiger partial charge in [-0.15, -0.1) is 0 Å². The number of hydrogen-bond donors (Lipinski definition) is 0. The molecule has 26 heavy (non-hydrogen) atoms. The molecule has 1 atom stereocenters. The molecule has 0 radical (unpaired) electrons. The second-order valence-corrected chi connectivity index (χ2v) is 10.5. The third-order valence-corrected chi connectivity index (χ3v) is 7.24. The molecule has 146 valence electrons. The molecule has 1 saturated heterocycles. The van der Waals surface area contributed by atoms with Crippen molar-refractivity contribution in [1.29, 1.82) is 0 Å². The summed E-state index contributed by atoms with van der Waals surface area (Å²) in [6.45, 7) is 9.30.